The number of fused-ring (bicyclic) bond motifs is 1. The Morgan fingerprint density at radius 3 is 3.14 bits per heavy atom. The zero-order valence-electron chi connectivity index (χ0n) is 12.7. The van der Waals surface area contributed by atoms with Crippen LogP contribution in [0.2, 0.25) is 0 Å². The molecule has 1 unspecified atom stereocenters. The van der Waals surface area contributed by atoms with Crippen molar-refractivity contribution in [1.82, 2.24) is 15.3 Å². The highest BCUT2D eigenvalue weighted by atomic mass is 16.3. The van der Waals surface area contributed by atoms with Crippen molar-refractivity contribution in [3.05, 3.63) is 36.2 Å². The Balaban J connectivity index is 1.70. The first kappa shape index (κ1) is 14.4. The summed E-state index contributed by atoms with van der Waals surface area (Å²) in [5.41, 5.74) is 1.65. The molecule has 2 N–H and O–H groups in total. The van der Waals surface area contributed by atoms with Gasteiger partial charge in [-0.25, -0.2) is 14.8 Å². The van der Waals surface area contributed by atoms with Crippen LogP contribution in [0.15, 0.2) is 29.3 Å². The van der Waals surface area contributed by atoms with E-state index in [1.54, 1.807) is 12.5 Å². The number of aryl methyl sites for hydroxylation is 1. The van der Waals surface area contributed by atoms with Gasteiger partial charge in [0.1, 0.15) is 17.8 Å². The molecule has 0 radical (unpaired) electrons. The Morgan fingerprint density at radius 2 is 2.32 bits per heavy atom. The Bertz CT molecular complexity index is 667. The molecule has 22 heavy (non-hydrogen) atoms. The quantitative estimate of drug-likeness (QED) is 0.909. The van der Waals surface area contributed by atoms with E-state index in [1.165, 1.54) is 6.33 Å². The number of anilines is 2. The average molecular weight is 301 g/mol. The lowest BCUT2D eigenvalue weighted by atomic mass is 9.93. The molecule has 0 spiro atoms. The lowest BCUT2D eigenvalue weighted by molar-refractivity contribution is 0.246. The average Bonchev–Trinajstić information content (AvgIpc) is 2.97. The zero-order valence-corrected chi connectivity index (χ0v) is 12.7. The third-order valence-electron chi connectivity index (χ3n) is 3.72. The second-order valence-electron chi connectivity index (χ2n) is 5.50. The van der Waals surface area contributed by atoms with Crippen LogP contribution in [0.1, 0.15) is 30.2 Å². The number of furan rings is 1. The molecule has 2 aromatic rings. The molecular formula is C15H19N5O2. The van der Waals surface area contributed by atoms with Gasteiger partial charge in [-0.15, -0.1) is 0 Å². The maximum absolute atomic E-state index is 12.3. The molecule has 1 atom stereocenters. The van der Waals surface area contributed by atoms with Gasteiger partial charge in [-0.3, -0.25) is 0 Å². The lowest BCUT2D eigenvalue weighted by Gasteiger charge is -2.23. The topological polar surface area (TPSA) is 83.3 Å². The van der Waals surface area contributed by atoms with Gasteiger partial charge in [-0.05, 0) is 18.9 Å². The number of hydrogen-bond donors (Lipinski definition) is 2. The summed E-state index contributed by atoms with van der Waals surface area (Å²) in [5, 5.41) is 5.81. The molecule has 0 aliphatic heterocycles. The van der Waals surface area contributed by atoms with Crippen LogP contribution >= 0.6 is 0 Å². The molecular weight excluding hydrogens is 282 g/mol. The van der Waals surface area contributed by atoms with Crippen molar-refractivity contribution in [3.63, 3.8) is 0 Å². The van der Waals surface area contributed by atoms with Crippen molar-refractivity contribution in [2.24, 2.45) is 0 Å². The Kier molecular flexibility index (Phi) is 3.95. The largest absolute Gasteiger partial charge is 0.469 e. The summed E-state index contributed by atoms with van der Waals surface area (Å²) in [6.07, 6.45) is 7.56. The molecule has 1 aliphatic carbocycles. The van der Waals surface area contributed by atoms with E-state index in [0.717, 1.165) is 30.6 Å². The van der Waals surface area contributed by atoms with E-state index in [0.29, 0.717) is 11.5 Å². The molecule has 0 aromatic carbocycles. The highest BCUT2D eigenvalue weighted by molar-refractivity contribution is 5.92. The van der Waals surface area contributed by atoms with Crippen LogP contribution in [-0.4, -0.2) is 30.1 Å². The fraction of sp³-hybridized carbons (Fsp3) is 0.400. The first-order valence-corrected chi connectivity index (χ1v) is 7.26. The number of aromatic nitrogens is 2. The molecule has 3 rings (SSSR count). The minimum Gasteiger partial charge on any atom is -0.469 e. The van der Waals surface area contributed by atoms with Gasteiger partial charge in [0, 0.05) is 26.1 Å². The minimum atomic E-state index is -0.267. The number of nitrogens with zero attached hydrogens (tertiary/aromatic N) is 3. The van der Waals surface area contributed by atoms with E-state index >= 15 is 0 Å². The molecule has 0 saturated heterocycles. The zero-order chi connectivity index (χ0) is 15.5. The maximum Gasteiger partial charge on any atom is 0.319 e. The van der Waals surface area contributed by atoms with Crippen LogP contribution in [0.4, 0.5) is 16.3 Å². The van der Waals surface area contributed by atoms with Gasteiger partial charge in [-0.1, -0.05) is 0 Å². The molecule has 7 heteroatoms. The summed E-state index contributed by atoms with van der Waals surface area (Å²) in [7, 11) is 3.73. The van der Waals surface area contributed by atoms with Crippen molar-refractivity contribution in [2.75, 3.05) is 24.3 Å². The fourth-order valence-corrected chi connectivity index (χ4v) is 2.72. The van der Waals surface area contributed by atoms with Gasteiger partial charge in [0.15, 0.2) is 5.82 Å². The Hall–Kier alpha value is -2.57. The van der Waals surface area contributed by atoms with Crippen LogP contribution in [0.5, 0.6) is 0 Å². The van der Waals surface area contributed by atoms with E-state index in [4.69, 9.17) is 4.42 Å². The van der Waals surface area contributed by atoms with Gasteiger partial charge in [0.2, 0.25) is 0 Å². The van der Waals surface area contributed by atoms with Gasteiger partial charge >= 0.3 is 6.03 Å². The fourth-order valence-electron chi connectivity index (χ4n) is 2.72. The van der Waals surface area contributed by atoms with Gasteiger partial charge in [0.05, 0.1) is 18.5 Å². The first-order chi connectivity index (χ1) is 10.6. The van der Waals surface area contributed by atoms with E-state index in [1.807, 2.05) is 25.1 Å². The van der Waals surface area contributed by atoms with Gasteiger partial charge in [-0.2, -0.15) is 0 Å². The SMILES string of the molecule is CN(C)c1ncncc1NC(=O)NC1CCCc2occc21. The molecule has 2 heterocycles. The van der Waals surface area contributed by atoms with Gasteiger partial charge in [0.25, 0.3) is 0 Å². The molecule has 2 aromatic heterocycles. The summed E-state index contributed by atoms with van der Waals surface area (Å²) in [4.78, 5) is 22.2. The van der Waals surface area contributed by atoms with E-state index < -0.39 is 0 Å². The molecule has 0 saturated carbocycles. The second kappa shape index (κ2) is 6.05. The lowest BCUT2D eigenvalue weighted by Crippen LogP contribution is -2.34. The minimum absolute atomic E-state index is 0.0186. The molecule has 2 amide bonds. The highest BCUT2D eigenvalue weighted by Gasteiger charge is 2.24. The third kappa shape index (κ3) is 2.88. The number of hydrogen-bond acceptors (Lipinski definition) is 5. The highest BCUT2D eigenvalue weighted by Crippen LogP contribution is 2.30. The number of carbonyl (C=O) groups is 1. The van der Waals surface area contributed by atoms with Crippen LogP contribution < -0.4 is 15.5 Å². The van der Waals surface area contributed by atoms with Crippen molar-refractivity contribution in [1.29, 1.82) is 0 Å². The molecule has 116 valence electrons. The van der Waals surface area contributed by atoms with Crippen molar-refractivity contribution in [3.8, 4) is 0 Å². The molecule has 0 bridgehead atoms. The predicted molar refractivity (Wildman–Crippen MR) is 82.9 cm³/mol. The second-order valence-corrected chi connectivity index (χ2v) is 5.50. The number of amides is 2. The van der Waals surface area contributed by atoms with Crippen LogP contribution in [0.3, 0.4) is 0 Å². The summed E-state index contributed by atoms with van der Waals surface area (Å²) >= 11 is 0. The first-order valence-electron chi connectivity index (χ1n) is 7.26. The molecule has 7 nitrogen and oxygen atoms in total. The smallest absolute Gasteiger partial charge is 0.319 e. The third-order valence-corrected chi connectivity index (χ3v) is 3.72. The molecule has 1 aliphatic rings. The normalized spacial score (nSPS) is 16.7. The summed E-state index contributed by atoms with van der Waals surface area (Å²) in [5.74, 6) is 1.63. The Labute approximate surface area is 128 Å². The van der Waals surface area contributed by atoms with Crippen molar-refractivity contribution in [2.45, 2.75) is 25.3 Å². The van der Waals surface area contributed by atoms with Gasteiger partial charge < -0.3 is 20.0 Å². The number of rotatable bonds is 3. The number of nitrogens with one attached hydrogen (secondary N) is 2. The number of carbonyl (C=O) groups excluding carboxylic acids is 1. The monoisotopic (exact) mass is 301 g/mol. The van der Waals surface area contributed by atoms with E-state index in [-0.39, 0.29) is 12.1 Å². The van der Waals surface area contributed by atoms with Crippen LogP contribution in [0.25, 0.3) is 0 Å². The maximum atomic E-state index is 12.3. The summed E-state index contributed by atoms with van der Waals surface area (Å²) < 4.78 is 5.44. The predicted octanol–water partition coefficient (Wildman–Crippen LogP) is 2.33. The van der Waals surface area contributed by atoms with E-state index in [2.05, 4.69) is 20.6 Å². The van der Waals surface area contributed by atoms with E-state index in [9.17, 15) is 4.79 Å². The van der Waals surface area contributed by atoms with Crippen LogP contribution in [0, 0.1) is 0 Å². The summed E-state index contributed by atoms with van der Waals surface area (Å²) in [6.45, 7) is 0. The summed E-state index contributed by atoms with van der Waals surface area (Å²) in [6, 6.07) is 1.64. The Morgan fingerprint density at radius 1 is 1.45 bits per heavy atom. The van der Waals surface area contributed by atoms with Crippen LogP contribution in [-0.2, 0) is 6.42 Å². The van der Waals surface area contributed by atoms with Crippen molar-refractivity contribution >= 4 is 17.5 Å². The standard InChI is InChI=1S/C15H19N5O2/c1-20(2)14-12(8-16-9-17-14)19-15(21)18-11-4-3-5-13-10(11)6-7-22-13/h6-9,11H,3-5H2,1-2H3,(H2,18,19,21). The number of urea groups is 1. The van der Waals surface area contributed by atoms with Crippen molar-refractivity contribution < 1.29 is 9.21 Å². The molecule has 0 fully saturated rings.